The van der Waals surface area contributed by atoms with E-state index in [1.807, 2.05) is 0 Å². The minimum absolute atomic E-state index is 0.517. The van der Waals surface area contributed by atoms with Crippen LogP contribution < -0.4 is 5.32 Å². The van der Waals surface area contributed by atoms with Crippen molar-refractivity contribution >= 4 is 0 Å². The molecule has 0 saturated carbocycles. The number of likely N-dealkylation sites (N-methyl/N-ethyl adjacent to an activating group) is 1. The van der Waals surface area contributed by atoms with Gasteiger partial charge in [0, 0.05) is 25.2 Å². The molecular weight excluding hydrogens is 174 g/mol. The fourth-order valence-electron chi connectivity index (χ4n) is 1.34. The smallest absolute Gasteiger partial charge is 0.0637 e. The molecule has 0 amide bonds. The lowest BCUT2D eigenvalue weighted by molar-refractivity contribution is 0.473. The highest BCUT2D eigenvalue weighted by molar-refractivity contribution is 5.00. The number of nitrogens with one attached hydrogen (secondary N) is 1. The zero-order valence-corrected chi connectivity index (χ0v) is 9.45. The van der Waals surface area contributed by atoms with E-state index < -0.39 is 0 Å². The van der Waals surface area contributed by atoms with Gasteiger partial charge in [0.1, 0.15) is 0 Å². The van der Waals surface area contributed by atoms with Crippen molar-refractivity contribution < 1.29 is 0 Å². The lowest BCUT2D eigenvalue weighted by Crippen LogP contribution is -2.16. The van der Waals surface area contributed by atoms with Crippen molar-refractivity contribution in [2.75, 3.05) is 13.1 Å². The summed E-state index contributed by atoms with van der Waals surface area (Å²) in [5.41, 5.74) is 1.19. The van der Waals surface area contributed by atoms with Gasteiger partial charge in [-0.15, -0.1) is 0 Å². The first-order valence-corrected chi connectivity index (χ1v) is 5.52. The second kappa shape index (κ2) is 5.81. The zero-order chi connectivity index (χ0) is 10.4. The largest absolute Gasteiger partial charge is 0.317 e. The SMILES string of the molecule is CCNCCc1ccn(C(C)CC)n1. The molecule has 1 N–H and O–H groups in total. The van der Waals surface area contributed by atoms with Gasteiger partial charge in [-0.3, -0.25) is 4.68 Å². The van der Waals surface area contributed by atoms with E-state index in [1.54, 1.807) is 0 Å². The van der Waals surface area contributed by atoms with Gasteiger partial charge in [-0.1, -0.05) is 13.8 Å². The first kappa shape index (κ1) is 11.2. The Hall–Kier alpha value is -0.830. The van der Waals surface area contributed by atoms with Crippen molar-refractivity contribution in [3.63, 3.8) is 0 Å². The van der Waals surface area contributed by atoms with E-state index in [1.165, 1.54) is 5.69 Å². The van der Waals surface area contributed by atoms with E-state index >= 15 is 0 Å². The van der Waals surface area contributed by atoms with Crippen LogP contribution in [0.5, 0.6) is 0 Å². The van der Waals surface area contributed by atoms with Gasteiger partial charge in [0.25, 0.3) is 0 Å². The van der Waals surface area contributed by atoms with Crippen molar-refractivity contribution in [2.45, 2.75) is 39.7 Å². The lowest BCUT2D eigenvalue weighted by atomic mass is 10.3. The Morgan fingerprint density at radius 1 is 1.50 bits per heavy atom. The summed E-state index contributed by atoms with van der Waals surface area (Å²) in [7, 11) is 0. The zero-order valence-electron chi connectivity index (χ0n) is 9.45. The van der Waals surface area contributed by atoms with Crippen LogP contribution in [0.2, 0.25) is 0 Å². The minimum atomic E-state index is 0.517. The van der Waals surface area contributed by atoms with Crippen molar-refractivity contribution in [3.05, 3.63) is 18.0 Å². The van der Waals surface area contributed by atoms with Crippen LogP contribution in [0.3, 0.4) is 0 Å². The Kier molecular flexibility index (Phi) is 4.66. The molecule has 3 heteroatoms. The quantitative estimate of drug-likeness (QED) is 0.704. The Morgan fingerprint density at radius 2 is 2.29 bits per heavy atom. The molecule has 0 aromatic carbocycles. The molecule has 14 heavy (non-hydrogen) atoms. The Bertz CT molecular complexity index is 255. The molecule has 3 nitrogen and oxygen atoms in total. The molecule has 0 radical (unpaired) electrons. The van der Waals surface area contributed by atoms with Crippen LogP contribution in [0.4, 0.5) is 0 Å². The Labute approximate surface area is 86.5 Å². The van der Waals surface area contributed by atoms with Gasteiger partial charge < -0.3 is 5.32 Å². The highest BCUT2D eigenvalue weighted by Gasteiger charge is 2.03. The molecule has 0 aliphatic heterocycles. The van der Waals surface area contributed by atoms with Gasteiger partial charge in [0.05, 0.1) is 5.69 Å². The summed E-state index contributed by atoms with van der Waals surface area (Å²) in [6, 6.07) is 2.63. The average molecular weight is 195 g/mol. The maximum absolute atomic E-state index is 4.53. The molecule has 0 bridgehead atoms. The van der Waals surface area contributed by atoms with Gasteiger partial charge in [-0.05, 0) is 26.0 Å². The van der Waals surface area contributed by atoms with E-state index in [0.717, 1.165) is 25.9 Å². The van der Waals surface area contributed by atoms with Gasteiger partial charge in [0.15, 0.2) is 0 Å². The van der Waals surface area contributed by atoms with E-state index in [4.69, 9.17) is 0 Å². The van der Waals surface area contributed by atoms with E-state index in [-0.39, 0.29) is 0 Å². The van der Waals surface area contributed by atoms with Crippen LogP contribution in [0.25, 0.3) is 0 Å². The molecule has 1 aromatic heterocycles. The summed E-state index contributed by atoms with van der Waals surface area (Å²) in [5.74, 6) is 0. The summed E-state index contributed by atoms with van der Waals surface area (Å²) < 4.78 is 2.06. The first-order chi connectivity index (χ1) is 6.77. The lowest BCUT2D eigenvalue weighted by Gasteiger charge is -2.08. The number of hydrogen-bond acceptors (Lipinski definition) is 2. The highest BCUT2D eigenvalue weighted by Crippen LogP contribution is 2.09. The topological polar surface area (TPSA) is 29.9 Å². The van der Waals surface area contributed by atoms with Crippen LogP contribution in [-0.4, -0.2) is 22.9 Å². The Balaban J connectivity index is 2.42. The second-order valence-corrected chi connectivity index (χ2v) is 3.65. The van der Waals surface area contributed by atoms with Gasteiger partial charge in [0.2, 0.25) is 0 Å². The van der Waals surface area contributed by atoms with Gasteiger partial charge in [-0.25, -0.2) is 0 Å². The average Bonchev–Trinajstić information content (AvgIpc) is 2.66. The fraction of sp³-hybridized carbons (Fsp3) is 0.727. The third-order valence-electron chi connectivity index (χ3n) is 2.51. The minimum Gasteiger partial charge on any atom is -0.317 e. The molecule has 1 atom stereocenters. The van der Waals surface area contributed by atoms with Crippen LogP contribution >= 0.6 is 0 Å². The summed E-state index contributed by atoms with van der Waals surface area (Å²) in [6.07, 6.45) is 4.24. The van der Waals surface area contributed by atoms with Crippen molar-refractivity contribution in [3.8, 4) is 0 Å². The summed E-state index contributed by atoms with van der Waals surface area (Å²) >= 11 is 0. The molecule has 0 aliphatic rings. The highest BCUT2D eigenvalue weighted by atomic mass is 15.3. The second-order valence-electron chi connectivity index (χ2n) is 3.65. The maximum atomic E-state index is 4.53. The molecule has 1 unspecified atom stereocenters. The van der Waals surface area contributed by atoms with Gasteiger partial charge >= 0.3 is 0 Å². The molecular formula is C11H21N3. The van der Waals surface area contributed by atoms with E-state index in [0.29, 0.717) is 6.04 Å². The maximum Gasteiger partial charge on any atom is 0.0637 e. The van der Waals surface area contributed by atoms with Crippen molar-refractivity contribution in [1.82, 2.24) is 15.1 Å². The molecule has 0 spiro atoms. The summed E-state index contributed by atoms with van der Waals surface area (Å²) in [4.78, 5) is 0. The van der Waals surface area contributed by atoms with E-state index in [9.17, 15) is 0 Å². The molecule has 0 fully saturated rings. The van der Waals surface area contributed by atoms with Gasteiger partial charge in [-0.2, -0.15) is 5.10 Å². The predicted octanol–water partition coefficient (Wildman–Crippen LogP) is 2.01. The molecule has 0 saturated heterocycles. The van der Waals surface area contributed by atoms with Crippen LogP contribution in [0, 0.1) is 0 Å². The molecule has 1 heterocycles. The van der Waals surface area contributed by atoms with Crippen LogP contribution in [-0.2, 0) is 6.42 Å². The first-order valence-electron chi connectivity index (χ1n) is 5.52. The van der Waals surface area contributed by atoms with Crippen molar-refractivity contribution in [2.24, 2.45) is 0 Å². The monoisotopic (exact) mass is 195 g/mol. The number of nitrogens with zero attached hydrogens (tertiary/aromatic N) is 2. The number of hydrogen-bond donors (Lipinski definition) is 1. The number of rotatable bonds is 6. The Morgan fingerprint density at radius 3 is 2.93 bits per heavy atom. The normalized spacial score (nSPS) is 13.1. The van der Waals surface area contributed by atoms with Crippen LogP contribution in [0.1, 0.15) is 38.9 Å². The fourth-order valence-corrected chi connectivity index (χ4v) is 1.34. The molecule has 1 aromatic rings. The predicted molar refractivity (Wildman–Crippen MR) is 59.5 cm³/mol. The third-order valence-corrected chi connectivity index (χ3v) is 2.51. The molecule has 80 valence electrons. The third kappa shape index (κ3) is 3.14. The molecule has 1 rings (SSSR count). The summed E-state index contributed by atoms with van der Waals surface area (Å²) in [5, 5.41) is 7.83. The standard InChI is InChI=1S/C11H21N3/c1-4-10(3)14-9-7-11(13-14)6-8-12-5-2/h7,9-10,12H,4-6,8H2,1-3H3. The number of aromatic nitrogens is 2. The van der Waals surface area contributed by atoms with Crippen LogP contribution in [0.15, 0.2) is 12.3 Å². The van der Waals surface area contributed by atoms with Crippen molar-refractivity contribution in [1.29, 1.82) is 0 Å². The summed E-state index contributed by atoms with van der Waals surface area (Å²) in [6.45, 7) is 8.56. The molecule has 0 aliphatic carbocycles. The van der Waals surface area contributed by atoms with E-state index in [2.05, 4.69) is 48.1 Å².